The number of halogens is 1. The molecule has 0 amide bonds. The Morgan fingerprint density at radius 2 is 1.72 bits per heavy atom. The summed E-state index contributed by atoms with van der Waals surface area (Å²) in [4.78, 5) is 24.5. The van der Waals surface area contributed by atoms with Crippen LogP contribution in [0.25, 0.3) is 0 Å². The van der Waals surface area contributed by atoms with Crippen molar-refractivity contribution < 1.29 is 24.0 Å². The number of carbonyl (C=O) groups excluding carboxylic acids is 1. The first-order valence-electron chi connectivity index (χ1n) is 14.9. The predicted molar refractivity (Wildman–Crippen MR) is 172 cm³/mol. The van der Waals surface area contributed by atoms with Crippen LogP contribution in [0.2, 0.25) is 0 Å². The van der Waals surface area contributed by atoms with Crippen molar-refractivity contribution in [3.8, 4) is 0 Å². The van der Waals surface area contributed by atoms with E-state index in [2.05, 4.69) is 91.8 Å². The molecule has 7 heteroatoms. The largest absolute Gasteiger partial charge is 0.481 e. The Labute approximate surface area is 259 Å². The van der Waals surface area contributed by atoms with Crippen LogP contribution in [0.15, 0.2) is 94.7 Å². The molecule has 0 aromatic heterocycles. The van der Waals surface area contributed by atoms with Gasteiger partial charge in [-0.05, 0) is 62.0 Å². The van der Waals surface area contributed by atoms with Crippen molar-refractivity contribution in [2.24, 2.45) is 0 Å². The van der Waals surface area contributed by atoms with Gasteiger partial charge in [-0.3, -0.25) is 9.59 Å². The van der Waals surface area contributed by atoms with Crippen molar-refractivity contribution >= 4 is 41.1 Å². The molecule has 3 aliphatic rings. The molecule has 2 aliphatic heterocycles. The van der Waals surface area contributed by atoms with Crippen LogP contribution >= 0.6 is 11.6 Å². The number of hydrogen-bond acceptors (Lipinski definition) is 4. The molecule has 0 saturated carbocycles. The quantitative estimate of drug-likeness (QED) is 0.173. The van der Waals surface area contributed by atoms with E-state index >= 15 is 0 Å². The summed E-state index contributed by atoms with van der Waals surface area (Å²) >= 11 is 7.08. The number of anilines is 1. The highest BCUT2D eigenvalue weighted by atomic mass is 35.5. The van der Waals surface area contributed by atoms with Crippen LogP contribution in [0.4, 0.5) is 11.4 Å². The standard InChI is InChI=1S/C36H39ClN2O4/c1-35(2)27-12-5-7-14-29(27)38(21-20-33(41)42)31(35)18-16-25-10-9-11-26(34(25)37)17-19-32-36(3,4)28-13-6-8-15-30(28)39(32)22-23-43-24-40/h5-8,12-19,24H,9-11,20-23H2,1-4H3/p+1. The van der Waals surface area contributed by atoms with Crippen molar-refractivity contribution in [1.82, 2.24) is 0 Å². The van der Waals surface area contributed by atoms with E-state index in [9.17, 15) is 14.7 Å². The molecule has 0 unspecified atom stereocenters. The van der Waals surface area contributed by atoms with Gasteiger partial charge in [0.1, 0.15) is 13.0 Å². The Balaban J connectivity index is 1.48. The molecule has 43 heavy (non-hydrogen) atoms. The zero-order valence-electron chi connectivity index (χ0n) is 25.4. The highest BCUT2D eigenvalue weighted by Gasteiger charge is 2.44. The average molecular weight is 600 g/mol. The molecule has 0 spiro atoms. The highest BCUT2D eigenvalue weighted by molar-refractivity contribution is 6.32. The SMILES string of the molecule is CC1(C)C(=CC=C2CCCC(C=CC3=[N+](CCC(=O)O)c4ccccc4C3(C)C)=C2Cl)N(CCOC=O)c2ccccc21. The molecule has 1 N–H and O–H groups in total. The summed E-state index contributed by atoms with van der Waals surface area (Å²) in [7, 11) is 0. The van der Waals surface area contributed by atoms with Crippen LogP contribution in [-0.4, -0.2) is 47.5 Å². The number of carboxylic acid groups (broad SMARTS) is 1. The second kappa shape index (κ2) is 12.4. The van der Waals surface area contributed by atoms with E-state index in [0.29, 0.717) is 26.2 Å². The van der Waals surface area contributed by atoms with Crippen LogP contribution in [-0.2, 0) is 25.2 Å². The number of aliphatic carboxylic acids is 1. The molecule has 2 aromatic carbocycles. The Hall–Kier alpha value is -3.90. The third-order valence-corrected chi connectivity index (χ3v) is 9.48. The normalized spacial score (nSPS) is 20.7. The number of ether oxygens (including phenoxy) is 1. The van der Waals surface area contributed by atoms with E-state index in [1.165, 1.54) is 11.1 Å². The van der Waals surface area contributed by atoms with Crippen LogP contribution in [0.5, 0.6) is 0 Å². The smallest absolute Gasteiger partial charge is 0.309 e. The number of carboxylic acids is 1. The van der Waals surface area contributed by atoms with Gasteiger partial charge in [0.15, 0.2) is 12.3 Å². The van der Waals surface area contributed by atoms with E-state index < -0.39 is 5.97 Å². The molecule has 1 aliphatic carbocycles. The molecule has 0 saturated heterocycles. The van der Waals surface area contributed by atoms with Gasteiger partial charge in [0.25, 0.3) is 6.47 Å². The number of benzene rings is 2. The second-order valence-electron chi connectivity index (χ2n) is 12.4. The average Bonchev–Trinajstić information content (AvgIpc) is 3.33. The monoisotopic (exact) mass is 599 g/mol. The third kappa shape index (κ3) is 5.85. The molecular formula is C36H40ClN2O4+. The van der Waals surface area contributed by atoms with Gasteiger partial charge in [0.2, 0.25) is 5.69 Å². The molecule has 2 heterocycles. The van der Waals surface area contributed by atoms with Crippen LogP contribution in [0.1, 0.15) is 64.5 Å². The first kappa shape index (κ1) is 30.6. The maximum atomic E-state index is 11.5. The topological polar surface area (TPSA) is 69.8 Å². The van der Waals surface area contributed by atoms with Gasteiger partial charge in [-0.1, -0.05) is 74.0 Å². The van der Waals surface area contributed by atoms with E-state index in [4.69, 9.17) is 16.3 Å². The van der Waals surface area contributed by atoms with E-state index in [1.54, 1.807) is 0 Å². The molecule has 0 atom stereocenters. The maximum absolute atomic E-state index is 11.5. The lowest BCUT2D eigenvalue weighted by molar-refractivity contribution is -0.436. The highest BCUT2D eigenvalue weighted by Crippen LogP contribution is 2.48. The van der Waals surface area contributed by atoms with Crippen molar-refractivity contribution in [3.05, 3.63) is 106 Å². The summed E-state index contributed by atoms with van der Waals surface area (Å²) in [6.07, 6.45) is 11.4. The van der Waals surface area contributed by atoms with Gasteiger partial charge in [-0.2, -0.15) is 4.58 Å². The number of hydrogen-bond donors (Lipinski definition) is 1. The Bertz CT molecular complexity index is 1590. The zero-order chi connectivity index (χ0) is 30.8. The van der Waals surface area contributed by atoms with Gasteiger partial charge >= 0.3 is 5.97 Å². The fourth-order valence-corrected chi connectivity index (χ4v) is 7.05. The van der Waals surface area contributed by atoms with Gasteiger partial charge < -0.3 is 14.7 Å². The Morgan fingerprint density at radius 3 is 2.47 bits per heavy atom. The summed E-state index contributed by atoms with van der Waals surface area (Å²) in [5.74, 6) is -0.809. The van der Waals surface area contributed by atoms with Crippen molar-refractivity contribution in [2.75, 3.05) is 24.6 Å². The van der Waals surface area contributed by atoms with Crippen LogP contribution < -0.4 is 4.90 Å². The number of carbonyl (C=O) groups is 2. The minimum absolute atomic E-state index is 0.0608. The zero-order valence-corrected chi connectivity index (χ0v) is 26.2. The molecule has 0 fully saturated rings. The summed E-state index contributed by atoms with van der Waals surface area (Å²) in [5, 5.41) is 10.2. The first-order chi connectivity index (χ1) is 20.6. The number of nitrogens with zero attached hydrogens (tertiary/aromatic N) is 2. The third-order valence-electron chi connectivity index (χ3n) is 8.99. The van der Waals surface area contributed by atoms with Crippen molar-refractivity contribution in [3.63, 3.8) is 0 Å². The van der Waals surface area contributed by atoms with Gasteiger partial charge in [0, 0.05) is 39.5 Å². The van der Waals surface area contributed by atoms with Gasteiger partial charge in [-0.15, -0.1) is 0 Å². The van der Waals surface area contributed by atoms with E-state index in [0.717, 1.165) is 58.2 Å². The Kier molecular flexibility index (Phi) is 8.79. The lowest BCUT2D eigenvalue weighted by Crippen LogP contribution is -2.29. The minimum atomic E-state index is -0.809. The van der Waals surface area contributed by atoms with E-state index in [1.807, 2.05) is 18.2 Å². The summed E-state index contributed by atoms with van der Waals surface area (Å²) in [6.45, 7) is 10.6. The number of allylic oxidation sites excluding steroid dienone is 8. The number of fused-ring (bicyclic) bond motifs is 2. The molecular weight excluding hydrogens is 560 g/mol. The van der Waals surface area contributed by atoms with Gasteiger partial charge in [-0.25, -0.2) is 0 Å². The number of rotatable bonds is 10. The lowest BCUT2D eigenvalue weighted by atomic mass is 9.81. The van der Waals surface area contributed by atoms with Crippen molar-refractivity contribution in [1.29, 1.82) is 0 Å². The summed E-state index contributed by atoms with van der Waals surface area (Å²) in [6, 6.07) is 16.6. The predicted octanol–water partition coefficient (Wildman–Crippen LogP) is 7.55. The lowest BCUT2D eigenvalue weighted by Gasteiger charge is -2.27. The van der Waals surface area contributed by atoms with E-state index in [-0.39, 0.29) is 17.3 Å². The van der Waals surface area contributed by atoms with Gasteiger partial charge in [0.05, 0.1) is 12.0 Å². The molecule has 224 valence electrons. The first-order valence-corrected chi connectivity index (χ1v) is 15.3. The summed E-state index contributed by atoms with van der Waals surface area (Å²) in [5.41, 5.74) is 8.53. The fraction of sp³-hybridized carbons (Fsp3) is 0.361. The molecule has 2 aromatic rings. The number of para-hydroxylation sites is 2. The maximum Gasteiger partial charge on any atom is 0.309 e. The fourth-order valence-electron chi connectivity index (χ4n) is 6.73. The molecule has 0 bridgehead atoms. The van der Waals surface area contributed by atoms with Crippen LogP contribution in [0.3, 0.4) is 0 Å². The minimum Gasteiger partial charge on any atom is -0.481 e. The summed E-state index contributed by atoms with van der Waals surface area (Å²) < 4.78 is 7.20. The molecule has 5 rings (SSSR count). The second-order valence-corrected chi connectivity index (χ2v) is 12.7. The van der Waals surface area contributed by atoms with Crippen molar-refractivity contribution in [2.45, 2.75) is 64.2 Å². The van der Waals surface area contributed by atoms with Crippen LogP contribution in [0, 0.1) is 0 Å². The Morgan fingerprint density at radius 1 is 1.00 bits per heavy atom. The molecule has 0 radical (unpaired) electrons. The molecule has 6 nitrogen and oxygen atoms in total.